The van der Waals surface area contributed by atoms with Gasteiger partial charge in [-0.15, -0.1) is 0 Å². The molecule has 6 rings (SSSR count). The smallest absolute Gasteiger partial charge is 0.161 e. The standard InChI is InChI=1S/C21H24O2/c22-20-14-12-18-8-4-16(5-9-18)2-1-3-17-6-10-19(11-7-17)13-15-21(20)23/h4-11,20,22H,1-3,12-15H2. The van der Waals surface area contributed by atoms with Gasteiger partial charge in [0.05, 0.1) is 0 Å². The largest absolute Gasteiger partial charge is 0.385 e. The van der Waals surface area contributed by atoms with Crippen molar-refractivity contribution in [3.05, 3.63) is 70.8 Å². The second-order valence-corrected chi connectivity index (χ2v) is 6.51. The van der Waals surface area contributed by atoms with Crippen molar-refractivity contribution >= 4 is 5.78 Å². The van der Waals surface area contributed by atoms with Crippen LogP contribution in [0.4, 0.5) is 0 Å². The summed E-state index contributed by atoms with van der Waals surface area (Å²) in [6, 6.07) is 17.1. The number of hydrogen-bond donors (Lipinski definition) is 1. The quantitative estimate of drug-likeness (QED) is 0.806. The van der Waals surface area contributed by atoms with Gasteiger partial charge in [0, 0.05) is 6.42 Å². The second-order valence-electron chi connectivity index (χ2n) is 6.51. The molecule has 120 valence electrons. The molecule has 1 atom stereocenters. The molecule has 4 bridgehead atoms. The average molecular weight is 308 g/mol. The number of aryl methyl sites for hydroxylation is 4. The Balaban J connectivity index is 1.77. The van der Waals surface area contributed by atoms with Crippen molar-refractivity contribution in [1.29, 1.82) is 0 Å². The van der Waals surface area contributed by atoms with Gasteiger partial charge in [-0.3, -0.25) is 4.79 Å². The molecule has 0 heterocycles. The molecule has 0 amide bonds. The first-order valence-corrected chi connectivity index (χ1v) is 8.57. The van der Waals surface area contributed by atoms with Gasteiger partial charge < -0.3 is 5.11 Å². The van der Waals surface area contributed by atoms with E-state index in [0.29, 0.717) is 19.3 Å². The zero-order chi connectivity index (χ0) is 16.1. The van der Waals surface area contributed by atoms with Crippen LogP contribution in [0.3, 0.4) is 0 Å². The molecular formula is C21H24O2. The molecule has 2 heteroatoms. The molecule has 1 N–H and O–H groups in total. The minimum absolute atomic E-state index is 0.0463. The van der Waals surface area contributed by atoms with E-state index < -0.39 is 6.10 Å². The van der Waals surface area contributed by atoms with Crippen LogP contribution in [-0.4, -0.2) is 17.0 Å². The summed E-state index contributed by atoms with van der Waals surface area (Å²) in [5.41, 5.74) is 5.06. The highest BCUT2D eigenvalue weighted by Crippen LogP contribution is 2.15. The van der Waals surface area contributed by atoms with E-state index in [1.807, 2.05) is 0 Å². The van der Waals surface area contributed by atoms with E-state index >= 15 is 0 Å². The van der Waals surface area contributed by atoms with Crippen molar-refractivity contribution in [2.75, 3.05) is 0 Å². The summed E-state index contributed by atoms with van der Waals surface area (Å²) in [5.74, 6) is -0.0463. The molecule has 4 aliphatic rings. The van der Waals surface area contributed by atoms with Crippen LogP contribution in [0.2, 0.25) is 0 Å². The van der Waals surface area contributed by atoms with E-state index in [1.54, 1.807) is 0 Å². The third-order valence-electron chi connectivity index (χ3n) is 4.72. The molecule has 1 unspecified atom stereocenters. The van der Waals surface area contributed by atoms with Crippen LogP contribution in [0.5, 0.6) is 0 Å². The molecule has 0 saturated heterocycles. The lowest BCUT2D eigenvalue weighted by Gasteiger charge is -2.10. The molecule has 4 aliphatic carbocycles. The van der Waals surface area contributed by atoms with Crippen molar-refractivity contribution in [2.24, 2.45) is 0 Å². The van der Waals surface area contributed by atoms with Gasteiger partial charge in [0.1, 0.15) is 6.10 Å². The Bertz CT molecular complexity index is 641. The number of ketones is 1. The summed E-state index contributed by atoms with van der Waals surface area (Å²) < 4.78 is 0. The summed E-state index contributed by atoms with van der Waals surface area (Å²) >= 11 is 0. The topological polar surface area (TPSA) is 37.3 Å². The highest BCUT2D eigenvalue weighted by Gasteiger charge is 2.15. The SMILES string of the molecule is O=C1CCc2ccc(cc2)CCCc2ccc(cc2)CCC1O. The van der Waals surface area contributed by atoms with Gasteiger partial charge in [-0.05, 0) is 60.8 Å². The van der Waals surface area contributed by atoms with E-state index in [4.69, 9.17) is 0 Å². The van der Waals surface area contributed by atoms with Crippen LogP contribution in [-0.2, 0) is 30.5 Å². The number of Topliss-reactive ketones (excluding diaryl/α,β-unsaturated/α-hetero) is 1. The lowest BCUT2D eigenvalue weighted by molar-refractivity contribution is -0.127. The lowest BCUT2D eigenvalue weighted by atomic mass is 9.99. The fraction of sp³-hybridized carbons (Fsp3) is 0.381. The van der Waals surface area contributed by atoms with Crippen LogP contribution in [0.1, 0.15) is 41.5 Å². The van der Waals surface area contributed by atoms with Gasteiger partial charge in [0.15, 0.2) is 5.78 Å². The Morgan fingerprint density at radius 3 is 1.61 bits per heavy atom. The first kappa shape index (κ1) is 15.9. The summed E-state index contributed by atoms with van der Waals surface area (Å²) in [6.07, 6.45) is 4.87. The second kappa shape index (κ2) is 7.56. The van der Waals surface area contributed by atoms with Gasteiger partial charge in [0.25, 0.3) is 0 Å². The van der Waals surface area contributed by atoms with Crippen LogP contribution >= 0.6 is 0 Å². The third kappa shape index (κ3) is 4.52. The Morgan fingerprint density at radius 2 is 1.09 bits per heavy atom. The fourth-order valence-corrected chi connectivity index (χ4v) is 3.14. The van der Waals surface area contributed by atoms with Gasteiger partial charge >= 0.3 is 0 Å². The third-order valence-corrected chi connectivity index (χ3v) is 4.72. The fourth-order valence-electron chi connectivity index (χ4n) is 3.14. The number of carbonyl (C=O) groups excluding carboxylic acids is 1. The van der Waals surface area contributed by atoms with Gasteiger partial charge in [-0.1, -0.05) is 48.5 Å². The number of aliphatic hydroxyl groups excluding tert-OH is 1. The Labute approximate surface area is 138 Å². The van der Waals surface area contributed by atoms with Gasteiger partial charge in [0.2, 0.25) is 0 Å². The molecule has 23 heavy (non-hydrogen) atoms. The Kier molecular flexibility index (Phi) is 5.24. The molecule has 0 radical (unpaired) electrons. The molecule has 0 aromatic heterocycles. The molecule has 0 spiro atoms. The van der Waals surface area contributed by atoms with Crippen molar-refractivity contribution < 1.29 is 9.90 Å². The van der Waals surface area contributed by atoms with Crippen molar-refractivity contribution in [2.45, 2.75) is 51.0 Å². The number of carbonyl (C=O) groups is 1. The molecule has 0 aliphatic heterocycles. The molecule has 0 saturated carbocycles. The van der Waals surface area contributed by atoms with Crippen LogP contribution in [0.25, 0.3) is 0 Å². The Hall–Kier alpha value is -1.93. The summed E-state index contributed by atoms with van der Waals surface area (Å²) in [4.78, 5) is 12.1. The zero-order valence-electron chi connectivity index (χ0n) is 13.5. The summed E-state index contributed by atoms with van der Waals surface area (Å²) in [6.45, 7) is 0. The average Bonchev–Trinajstić information content (AvgIpc) is 2.59. The molecule has 2 nitrogen and oxygen atoms in total. The molecule has 2 aromatic carbocycles. The maximum Gasteiger partial charge on any atom is 0.161 e. The first-order chi connectivity index (χ1) is 11.2. The van der Waals surface area contributed by atoms with E-state index in [0.717, 1.165) is 25.7 Å². The molecular weight excluding hydrogens is 284 g/mol. The maximum atomic E-state index is 12.1. The van der Waals surface area contributed by atoms with Crippen molar-refractivity contribution in [1.82, 2.24) is 0 Å². The summed E-state index contributed by atoms with van der Waals surface area (Å²) in [5, 5.41) is 10.1. The number of aliphatic hydroxyl groups is 1. The summed E-state index contributed by atoms with van der Waals surface area (Å²) in [7, 11) is 0. The van der Waals surface area contributed by atoms with Crippen LogP contribution in [0, 0.1) is 0 Å². The lowest BCUT2D eigenvalue weighted by Crippen LogP contribution is -2.21. The normalized spacial score (nSPS) is 19.7. The minimum atomic E-state index is -0.843. The van der Waals surface area contributed by atoms with Crippen LogP contribution in [0.15, 0.2) is 48.5 Å². The molecule has 2 aromatic rings. The monoisotopic (exact) mass is 308 g/mol. The minimum Gasteiger partial charge on any atom is -0.385 e. The van der Waals surface area contributed by atoms with E-state index in [9.17, 15) is 9.90 Å². The predicted octanol–water partition coefficient (Wildman–Crippen LogP) is 3.67. The predicted molar refractivity (Wildman–Crippen MR) is 92.6 cm³/mol. The van der Waals surface area contributed by atoms with Crippen molar-refractivity contribution in [3.8, 4) is 0 Å². The number of benzene rings is 2. The van der Waals surface area contributed by atoms with E-state index in [1.165, 1.54) is 22.3 Å². The van der Waals surface area contributed by atoms with Crippen LogP contribution < -0.4 is 0 Å². The Morgan fingerprint density at radius 1 is 0.652 bits per heavy atom. The highest BCUT2D eigenvalue weighted by molar-refractivity contribution is 5.83. The first-order valence-electron chi connectivity index (χ1n) is 8.57. The van der Waals surface area contributed by atoms with Gasteiger partial charge in [-0.2, -0.15) is 0 Å². The van der Waals surface area contributed by atoms with E-state index in [-0.39, 0.29) is 5.78 Å². The zero-order valence-corrected chi connectivity index (χ0v) is 13.5. The highest BCUT2D eigenvalue weighted by atomic mass is 16.3. The molecule has 0 fully saturated rings. The van der Waals surface area contributed by atoms with E-state index in [2.05, 4.69) is 48.5 Å². The van der Waals surface area contributed by atoms with Gasteiger partial charge in [-0.25, -0.2) is 0 Å². The van der Waals surface area contributed by atoms with Crippen molar-refractivity contribution in [3.63, 3.8) is 0 Å². The number of rotatable bonds is 0. The maximum absolute atomic E-state index is 12.1. The number of hydrogen-bond acceptors (Lipinski definition) is 2.